The van der Waals surface area contributed by atoms with Gasteiger partial charge in [0.2, 0.25) is 6.79 Å². The number of nitrogens with one attached hydrogen (secondary N) is 1. The smallest absolute Gasteiger partial charge is 0.358 e. The largest absolute Gasteiger partial charge is 0.427 e. The SMILES string of the molecule is CON=C(C(=O)NC1C(=O)N2C(C(=O)OCOC(=O)C(C)(C)C)=C(SCC3CCOC(C)(C)O3)CS[C@@H]12)c1csc(N)n1. The van der Waals surface area contributed by atoms with E-state index in [1.165, 1.54) is 35.5 Å². The molecule has 0 aliphatic carbocycles. The fourth-order valence-electron chi connectivity index (χ4n) is 4.26. The first-order valence-electron chi connectivity index (χ1n) is 13.3. The number of nitrogen functional groups attached to an aromatic ring is 1. The standard InChI is InChI=1S/C26H35N5O9S3/c1-25(2,3)23(35)38-12-37-22(34)18-15(41-9-13-7-8-39-26(4,5)40-13)11-42-21-17(20(33)31(18)21)29-19(32)16(30-36-6)14-10-43-24(27)28-14/h10,13,17,21H,7-9,11-12H2,1-6H3,(H2,27,28)(H,29,32)/t13?,17?,21-/m0/s1. The lowest BCUT2D eigenvalue weighted by molar-refractivity contribution is -0.267. The van der Waals surface area contributed by atoms with Crippen molar-refractivity contribution in [2.24, 2.45) is 10.6 Å². The number of thiazole rings is 1. The van der Waals surface area contributed by atoms with E-state index in [2.05, 4.69) is 15.5 Å². The molecule has 3 aliphatic heterocycles. The number of hydrogen-bond donors (Lipinski definition) is 2. The number of ether oxygens (including phenoxy) is 4. The number of β-lactam (4-membered cyclic amide) rings is 1. The van der Waals surface area contributed by atoms with Crippen molar-refractivity contribution in [3.05, 3.63) is 21.7 Å². The second kappa shape index (κ2) is 13.4. The van der Waals surface area contributed by atoms with Gasteiger partial charge in [0.1, 0.15) is 29.9 Å². The number of carbonyl (C=O) groups excluding carboxylic acids is 4. The number of esters is 2. The fourth-order valence-corrected chi connectivity index (χ4v) is 7.48. The fraction of sp³-hybridized carbons (Fsp3) is 0.615. The van der Waals surface area contributed by atoms with Crippen LogP contribution in [0.5, 0.6) is 0 Å². The molecular weight excluding hydrogens is 623 g/mol. The number of nitrogens with two attached hydrogens (primary N) is 1. The number of amides is 2. The average Bonchev–Trinajstić information content (AvgIpc) is 3.37. The van der Waals surface area contributed by atoms with Gasteiger partial charge in [-0.3, -0.25) is 19.3 Å². The van der Waals surface area contributed by atoms with Crippen molar-refractivity contribution in [3.8, 4) is 0 Å². The zero-order chi connectivity index (χ0) is 31.5. The third kappa shape index (κ3) is 7.81. The number of nitrogens with zero attached hydrogens (tertiary/aromatic N) is 3. The van der Waals surface area contributed by atoms with Gasteiger partial charge in [0.15, 0.2) is 16.6 Å². The Bertz CT molecular complexity index is 1320. The molecule has 0 bridgehead atoms. The van der Waals surface area contributed by atoms with Gasteiger partial charge in [0, 0.05) is 21.8 Å². The highest BCUT2D eigenvalue weighted by atomic mass is 32.2. The van der Waals surface area contributed by atoms with Crippen molar-refractivity contribution in [2.45, 2.75) is 64.3 Å². The van der Waals surface area contributed by atoms with E-state index < -0.39 is 53.2 Å². The van der Waals surface area contributed by atoms with Crippen LogP contribution in [0.4, 0.5) is 5.13 Å². The first-order valence-corrected chi connectivity index (χ1v) is 16.2. The molecule has 2 amide bonds. The van der Waals surface area contributed by atoms with Crippen LogP contribution in [0.15, 0.2) is 21.1 Å². The Balaban J connectivity index is 1.50. The van der Waals surface area contributed by atoms with Gasteiger partial charge in [-0.15, -0.1) is 34.9 Å². The summed E-state index contributed by atoms with van der Waals surface area (Å²) in [6.45, 7) is 8.64. The first kappa shape index (κ1) is 33.0. The Hall–Kier alpha value is -2.86. The van der Waals surface area contributed by atoms with E-state index in [4.69, 9.17) is 29.5 Å². The van der Waals surface area contributed by atoms with Crippen LogP contribution in [0.25, 0.3) is 0 Å². The Morgan fingerprint density at radius 3 is 2.67 bits per heavy atom. The second-order valence-corrected chi connectivity index (χ2v) is 14.3. The molecule has 0 aromatic carbocycles. The van der Waals surface area contributed by atoms with Crippen LogP contribution in [-0.4, -0.2) is 94.7 Å². The maximum Gasteiger partial charge on any atom is 0.358 e. The number of anilines is 1. The zero-order valence-electron chi connectivity index (χ0n) is 24.7. The monoisotopic (exact) mass is 657 g/mol. The van der Waals surface area contributed by atoms with Crippen LogP contribution in [0.2, 0.25) is 0 Å². The van der Waals surface area contributed by atoms with Crippen molar-refractivity contribution >= 4 is 69.5 Å². The number of rotatable bonds is 10. The molecule has 1 aromatic heterocycles. The number of carbonyl (C=O) groups is 4. The summed E-state index contributed by atoms with van der Waals surface area (Å²) in [5, 5.41) is 7.63. The third-order valence-electron chi connectivity index (χ3n) is 6.35. The maximum atomic E-state index is 13.4. The number of hydrogen-bond acceptors (Lipinski definition) is 15. The molecule has 0 radical (unpaired) electrons. The van der Waals surface area contributed by atoms with E-state index in [9.17, 15) is 19.2 Å². The van der Waals surface area contributed by atoms with Crippen molar-refractivity contribution in [2.75, 3.05) is 37.7 Å². The van der Waals surface area contributed by atoms with E-state index in [0.717, 1.165) is 11.3 Å². The highest BCUT2D eigenvalue weighted by molar-refractivity contribution is 8.06. The highest BCUT2D eigenvalue weighted by Gasteiger charge is 2.55. The van der Waals surface area contributed by atoms with Crippen LogP contribution in [0.3, 0.4) is 0 Å². The molecule has 3 atom stereocenters. The highest BCUT2D eigenvalue weighted by Crippen LogP contribution is 2.44. The van der Waals surface area contributed by atoms with Gasteiger partial charge >= 0.3 is 11.9 Å². The average molecular weight is 658 g/mol. The third-order valence-corrected chi connectivity index (χ3v) is 9.71. The van der Waals surface area contributed by atoms with Crippen molar-refractivity contribution in [1.29, 1.82) is 0 Å². The van der Waals surface area contributed by atoms with Gasteiger partial charge in [-0.05, 0) is 41.0 Å². The molecule has 2 saturated heterocycles. The minimum Gasteiger partial charge on any atom is -0.427 e. The lowest BCUT2D eigenvalue weighted by Crippen LogP contribution is -2.71. The maximum absolute atomic E-state index is 13.4. The second-order valence-electron chi connectivity index (χ2n) is 11.1. The molecule has 0 spiro atoms. The van der Waals surface area contributed by atoms with Gasteiger partial charge < -0.3 is 34.8 Å². The molecule has 43 heavy (non-hydrogen) atoms. The summed E-state index contributed by atoms with van der Waals surface area (Å²) in [7, 11) is 1.28. The minimum absolute atomic E-state index is 0.0421. The predicted molar refractivity (Wildman–Crippen MR) is 161 cm³/mol. The van der Waals surface area contributed by atoms with Crippen molar-refractivity contribution in [1.82, 2.24) is 15.2 Å². The summed E-state index contributed by atoms with van der Waals surface area (Å²) >= 11 is 3.90. The van der Waals surface area contributed by atoms with E-state index in [1.807, 2.05) is 13.8 Å². The molecule has 1 aromatic rings. The molecule has 3 N–H and O–H groups in total. The van der Waals surface area contributed by atoms with Crippen molar-refractivity contribution < 1.29 is 43.0 Å². The lowest BCUT2D eigenvalue weighted by Gasteiger charge is -2.49. The molecule has 0 saturated carbocycles. The molecule has 4 heterocycles. The van der Waals surface area contributed by atoms with Crippen LogP contribution in [0, 0.1) is 5.41 Å². The van der Waals surface area contributed by atoms with Crippen LogP contribution in [-0.2, 0) is 43.0 Å². The number of thioether (sulfide) groups is 2. The molecule has 4 rings (SSSR count). The summed E-state index contributed by atoms with van der Waals surface area (Å²) in [6.07, 6.45) is 0.542. The predicted octanol–water partition coefficient (Wildman–Crippen LogP) is 2.05. The summed E-state index contributed by atoms with van der Waals surface area (Å²) in [4.78, 5) is 62.8. The molecule has 17 heteroatoms. The van der Waals surface area contributed by atoms with Crippen molar-refractivity contribution in [3.63, 3.8) is 0 Å². The van der Waals surface area contributed by atoms with Gasteiger partial charge in [0.05, 0.1) is 18.1 Å². The molecule has 236 valence electrons. The van der Waals surface area contributed by atoms with Gasteiger partial charge in [-0.2, -0.15) is 0 Å². The molecular formula is C26H35N5O9S3. The van der Waals surface area contributed by atoms with E-state index >= 15 is 0 Å². The quantitative estimate of drug-likeness (QED) is 0.123. The minimum atomic E-state index is -0.955. The van der Waals surface area contributed by atoms with Gasteiger partial charge in [0.25, 0.3) is 11.8 Å². The summed E-state index contributed by atoms with van der Waals surface area (Å²) < 4.78 is 22.0. The normalized spacial score (nSPS) is 23.7. The lowest BCUT2D eigenvalue weighted by atomic mass is 9.98. The van der Waals surface area contributed by atoms with Gasteiger partial charge in [-0.25, -0.2) is 9.78 Å². The number of oxime groups is 1. The topological polar surface area (TPSA) is 181 Å². The van der Waals surface area contributed by atoms with Crippen LogP contribution in [0.1, 0.15) is 46.7 Å². The van der Waals surface area contributed by atoms with E-state index in [1.54, 1.807) is 26.2 Å². The summed E-state index contributed by atoms with van der Waals surface area (Å²) in [6, 6.07) is -0.955. The molecule has 2 fully saturated rings. The van der Waals surface area contributed by atoms with Crippen LogP contribution < -0.4 is 11.1 Å². The summed E-state index contributed by atoms with van der Waals surface area (Å²) in [5.74, 6) is -2.41. The van der Waals surface area contributed by atoms with Crippen LogP contribution >= 0.6 is 34.9 Å². The Morgan fingerprint density at radius 1 is 1.30 bits per heavy atom. The zero-order valence-corrected chi connectivity index (χ0v) is 27.1. The van der Waals surface area contributed by atoms with Gasteiger partial charge in [-0.1, -0.05) is 5.16 Å². The Kier molecular flexibility index (Phi) is 10.3. The number of fused-ring (bicyclic) bond motifs is 1. The van der Waals surface area contributed by atoms with E-state index in [-0.39, 0.29) is 28.3 Å². The first-order chi connectivity index (χ1) is 20.2. The number of aromatic nitrogens is 1. The molecule has 14 nitrogen and oxygen atoms in total. The van der Waals surface area contributed by atoms with E-state index in [0.29, 0.717) is 29.4 Å². The summed E-state index contributed by atoms with van der Waals surface area (Å²) in [5.41, 5.74) is 5.01. The molecule has 2 unspecified atom stereocenters. The Morgan fingerprint density at radius 2 is 2.05 bits per heavy atom. The Labute approximate surface area is 261 Å². The molecule has 3 aliphatic rings.